The van der Waals surface area contributed by atoms with Gasteiger partial charge in [-0.15, -0.1) is 0 Å². The fourth-order valence-electron chi connectivity index (χ4n) is 3.05. The Balaban J connectivity index is 1.91. The summed E-state index contributed by atoms with van der Waals surface area (Å²) < 4.78 is 0. The molecule has 2 aliphatic heterocycles. The van der Waals surface area contributed by atoms with E-state index in [1.807, 2.05) is 12.1 Å². The van der Waals surface area contributed by atoms with Gasteiger partial charge in [0.1, 0.15) is 6.07 Å². The second kappa shape index (κ2) is 4.79. The molecule has 0 aromatic heterocycles. The van der Waals surface area contributed by atoms with Crippen molar-refractivity contribution in [3.8, 4) is 6.07 Å². The summed E-state index contributed by atoms with van der Waals surface area (Å²) >= 11 is 6.10. The predicted molar refractivity (Wildman–Crippen MR) is 72.9 cm³/mol. The molecule has 0 amide bonds. The fourth-order valence-corrected chi connectivity index (χ4v) is 3.26. The number of nitriles is 1. The molecule has 2 aliphatic rings. The smallest absolute Gasteiger partial charge is 0.103 e. The van der Waals surface area contributed by atoms with E-state index in [0.29, 0.717) is 22.7 Å². The van der Waals surface area contributed by atoms with Gasteiger partial charge in [0.25, 0.3) is 0 Å². The molecular formula is C14H16ClN3. The minimum Gasteiger partial charge on any atom is -0.369 e. The number of nitrogens with zero attached hydrogens (tertiary/aromatic N) is 2. The molecule has 0 aliphatic carbocycles. The number of halogens is 1. The van der Waals surface area contributed by atoms with Crippen molar-refractivity contribution in [1.29, 1.82) is 5.26 Å². The Kier molecular flexibility index (Phi) is 3.15. The maximum absolute atomic E-state index is 9.26. The Morgan fingerprint density at radius 3 is 2.94 bits per heavy atom. The average Bonchev–Trinajstić information content (AvgIpc) is 2.69. The van der Waals surface area contributed by atoms with Gasteiger partial charge in [-0.25, -0.2) is 0 Å². The Bertz CT molecular complexity index is 494. The molecule has 3 nitrogen and oxygen atoms in total. The highest BCUT2D eigenvalue weighted by Gasteiger charge is 2.30. The van der Waals surface area contributed by atoms with Gasteiger partial charge in [0, 0.05) is 25.2 Å². The van der Waals surface area contributed by atoms with Gasteiger partial charge in [0.15, 0.2) is 0 Å². The van der Waals surface area contributed by atoms with Crippen LogP contribution in [0.25, 0.3) is 0 Å². The summed E-state index contributed by atoms with van der Waals surface area (Å²) in [5, 5.41) is 13.5. The van der Waals surface area contributed by atoms with E-state index < -0.39 is 0 Å². The molecule has 4 heteroatoms. The topological polar surface area (TPSA) is 39.1 Å². The number of hydrogen-bond donors (Lipinski definition) is 1. The molecule has 18 heavy (non-hydrogen) atoms. The Labute approximate surface area is 112 Å². The zero-order chi connectivity index (χ0) is 12.5. The van der Waals surface area contributed by atoms with E-state index >= 15 is 0 Å². The van der Waals surface area contributed by atoms with Crippen LogP contribution in [0, 0.1) is 11.3 Å². The molecule has 2 fully saturated rings. The van der Waals surface area contributed by atoms with Crippen molar-refractivity contribution in [1.82, 2.24) is 5.32 Å². The van der Waals surface area contributed by atoms with Crippen LogP contribution in [0.5, 0.6) is 0 Å². The largest absolute Gasteiger partial charge is 0.369 e. The van der Waals surface area contributed by atoms with Gasteiger partial charge >= 0.3 is 0 Å². The lowest BCUT2D eigenvalue weighted by molar-refractivity contribution is 0.563. The number of anilines is 1. The Morgan fingerprint density at radius 1 is 1.28 bits per heavy atom. The minimum atomic E-state index is 0.553. The highest BCUT2D eigenvalue weighted by molar-refractivity contribution is 6.32. The van der Waals surface area contributed by atoms with Crippen LogP contribution in [0.15, 0.2) is 18.2 Å². The molecule has 3 rings (SSSR count). The molecule has 2 bridgehead atoms. The third-order valence-corrected chi connectivity index (χ3v) is 4.28. The van der Waals surface area contributed by atoms with E-state index in [1.54, 1.807) is 6.07 Å². The first-order valence-electron chi connectivity index (χ1n) is 6.47. The second-order valence-electron chi connectivity index (χ2n) is 5.12. The predicted octanol–water partition coefficient (Wildman–Crippen LogP) is 2.54. The number of rotatable bonds is 1. The maximum atomic E-state index is 9.26. The number of benzene rings is 1. The molecule has 0 radical (unpaired) electrons. The molecule has 2 heterocycles. The molecule has 2 atom stereocenters. The highest BCUT2D eigenvalue weighted by Crippen LogP contribution is 2.30. The molecule has 0 saturated carbocycles. The van der Waals surface area contributed by atoms with E-state index in [2.05, 4.69) is 16.3 Å². The lowest BCUT2D eigenvalue weighted by Gasteiger charge is -2.27. The summed E-state index contributed by atoms with van der Waals surface area (Å²) in [5.41, 5.74) is 1.59. The Hall–Kier alpha value is -1.24. The molecule has 2 saturated heterocycles. The number of hydrogen-bond acceptors (Lipinski definition) is 3. The zero-order valence-corrected chi connectivity index (χ0v) is 11.0. The van der Waals surface area contributed by atoms with Crippen molar-refractivity contribution in [2.45, 2.75) is 31.3 Å². The van der Waals surface area contributed by atoms with Gasteiger partial charge in [-0.05, 0) is 31.4 Å². The van der Waals surface area contributed by atoms with Gasteiger partial charge in [-0.3, -0.25) is 0 Å². The van der Waals surface area contributed by atoms with Gasteiger partial charge in [-0.1, -0.05) is 17.7 Å². The van der Waals surface area contributed by atoms with Crippen LogP contribution < -0.4 is 10.2 Å². The van der Waals surface area contributed by atoms with Gasteiger partial charge in [-0.2, -0.15) is 5.26 Å². The SMILES string of the molecule is N#Cc1c(Cl)cccc1N1CCC2CCC(C1)N2. The van der Waals surface area contributed by atoms with E-state index in [1.165, 1.54) is 12.8 Å². The first-order chi connectivity index (χ1) is 8.78. The van der Waals surface area contributed by atoms with Crippen molar-refractivity contribution >= 4 is 17.3 Å². The number of fused-ring (bicyclic) bond motifs is 2. The quantitative estimate of drug-likeness (QED) is 0.844. The first kappa shape index (κ1) is 11.8. The van der Waals surface area contributed by atoms with Crippen LogP contribution in [0.3, 0.4) is 0 Å². The molecule has 1 N–H and O–H groups in total. The summed E-state index contributed by atoms with van der Waals surface area (Å²) in [7, 11) is 0. The van der Waals surface area contributed by atoms with E-state index in [0.717, 1.165) is 25.2 Å². The van der Waals surface area contributed by atoms with Crippen LogP contribution >= 0.6 is 11.6 Å². The van der Waals surface area contributed by atoms with Crippen LogP contribution in [0.1, 0.15) is 24.8 Å². The molecular weight excluding hydrogens is 246 g/mol. The summed E-state index contributed by atoms with van der Waals surface area (Å²) in [6.45, 7) is 1.98. The van der Waals surface area contributed by atoms with Crippen molar-refractivity contribution in [2.75, 3.05) is 18.0 Å². The molecule has 0 spiro atoms. The van der Waals surface area contributed by atoms with E-state index in [-0.39, 0.29) is 0 Å². The average molecular weight is 262 g/mol. The third kappa shape index (κ3) is 2.07. The second-order valence-corrected chi connectivity index (χ2v) is 5.53. The van der Waals surface area contributed by atoms with Crippen molar-refractivity contribution < 1.29 is 0 Å². The minimum absolute atomic E-state index is 0.553. The molecule has 2 unspecified atom stereocenters. The molecule has 94 valence electrons. The maximum Gasteiger partial charge on any atom is 0.103 e. The van der Waals surface area contributed by atoms with Crippen LogP contribution in [0.2, 0.25) is 5.02 Å². The highest BCUT2D eigenvalue weighted by atomic mass is 35.5. The standard InChI is InChI=1S/C14H16ClN3/c15-13-2-1-3-14(12(13)8-16)18-7-6-10-4-5-11(9-18)17-10/h1-3,10-11,17H,4-7,9H2. The summed E-state index contributed by atoms with van der Waals surface area (Å²) in [5.74, 6) is 0. The third-order valence-electron chi connectivity index (χ3n) is 3.97. The zero-order valence-electron chi connectivity index (χ0n) is 10.2. The van der Waals surface area contributed by atoms with Crippen LogP contribution in [-0.2, 0) is 0 Å². The Morgan fingerprint density at radius 2 is 2.11 bits per heavy atom. The van der Waals surface area contributed by atoms with Crippen molar-refractivity contribution in [3.63, 3.8) is 0 Å². The van der Waals surface area contributed by atoms with E-state index in [4.69, 9.17) is 11.6 Å². The first-order valence-corrected chi connectivity index (χ1v) is 6.85. The van der Waals surface area contributed by atoms with Crippen LogP contribution in [-0.4, -0.2) is 25.2 Å². The lowest BCUT2D eigenvalue weighted by Crippen LogP contribution is -2.35. The molecule has 1 aromatic carbocycles. The summed E-state index contributed by atoms with van der Waals surface area (Å²) in [6.07, 6.45) is 3.68. The summed E-state index contributed by atoms with van der Waals surface area (Å²) in [4.78, 5) is 2.31. The lowest BCUT2D eigenvalue weighted by atomic mass is 10.1. The van der Waals surface area contributed by atoms with Crippen molar-refractivity contribution in [3.05, 3.63) is 28.8 Å². The summed E-state index contributed by atoms with van der Waals surface area (Å²) in [6, 6.07) is 9.16. The van der Waals surface area contributed by atoms with Gasteiger partial charge < -0.3 is 10.2 Å². The van der Waals surface area contributed by atoms with Gasteiger partial charge in [0.05, 0.1) is 16.3 Å². The van der Waals surface area contributed by atoms with Gasteiger partial charge in [0.2, 0.25) is 0 Å². The molecule has 1 aromatic rings. The fraction of sp³-hybridized carbons (Fsp3) is 0.500. The van der Waals surface area contributed by atoms with Crippen molar-refractivity contribution in [2.24, 2.45) is 0 Å². The monoisotopic (exact) mass is 261 g/mol. The number of nitrogens with one attached hydrogen (secondary N) is 1. The van der Waals surface area contributed by atoms with E-state index in [9.17, 15) is 5.26 Å². The normalized spacial score (nSPS) is 26.8. The van der Waals surface area contributed by atoms with Crippen LogP contribution in [0.4, 0.5) is 5.69 Å².